The number of nitrogens with zero attached hydrogens (tertiary/aromatic N) is 7. The van der Waals surface area contributed by atoms with E-state index in [1.807, 2.05) is 143 Å². The largest absolute Gasteiger partial charge is 0.321 e. The number of hydrogen-bond acceptors (Lipinski definition) is 7. The van der Waals surface area contributed by atoms with Crippen LogP contribution in [0, 0.1) is 14.9 Å². The lowest BCUT2D eigenvalue weighted by Crippen LogP contribution is -2.11. The second kappa shape index (κ2) is 18.2. The number of benzene rings is 3. The van der Waals surface area contributed by atoms with E-state index in [4.69, 9.17) is 5.26 Å². The van der Waals surface area contributed by atoms with Crippen molar-refractivity contribution in [3.8, 4) is 6.07 Å². The second-order valence-corrected chi connectivity index (χ2v) is 14.5. The molecule has 6 aromatic heterocycles. The molecule has 0 spiro atoms. The second-order valence-electron chi connectivity index (χ2n) is 12.4. The molecule has 0 aliphatic carbocycles. The van der Waals surface area contributed by atoms with Gasteiger partial charge in [-0.1, -0.05) is 54.6 Å². The number of imidazole rings is 3. The van der Waals surface area contributed by atoms with Crippen LogP contribution in [0.1, 0.15) is 37.0 Å². The molecule has 0 radical (unpaired) electrons. The topological polar surface area (TPSA) is 163 Å². The smallest absolute Gasteiger partial charge is 0.275 e. The average Bonchev–Trinajstić information content (AvgIpc) is 3.99. The van der Waals surface area contributed by atoms with Crippen LogP contribution in [0.5, 0.6) is 0 Å². The number of carbonyl (C=O) groups is 3. The predicted molar refractivity (Wildman–Crippen MR) is 234 cm³/mol. The van der Waals surface area contributed by atoms with Crippen LogP contribution < -0.4 is 16.0 Å². The molecule has 13 nitrogen and oxygen atoms in total. The molecule has 0 aliphatic heterocycles. The van der Waals surface area contributed by atoms with Gasteiger partial charge in [-0.3, -0.25) is 14.4 Å². The van der Waals surface area contributed by atoms with Crippen LogP contribution in [0.25, 0.3) is 16.9 Å². The van der Waals surface area contributed by atoms with E-state index in [1.165, 1.54) is 0 Å². The van der Waals surface area contributed by atoms with Gasteiger partial charge in [0.2, 0.25) is 0 Å². The molecule has 0 aliphatic rings. The molecule has 0 bridgehead atoms. The first-order valence-electron chi connectivity index (χ1n) is 17.5. The third-order valence-electron chi connectivity index (χ3n) is 8.20. The highest BCUT2D eigenvalue weighted by Crippen LogP contribution is 2.16. The van der Waals surface area contributed by atoms with Crippen molar-refractivity contribution in [3.05, 3.63) is 195 Å². The molecular formula is C43H30BrIN10O3. The number of nitriles is 1. The number of carbonyl (C=O) groups excluding carboxylic acids is 3. The summed E-state index contributed by atoms with van der Waals surface area (Å²) in [7, 11) is 0. The Labute approximate surface area is 353 Å². The first-order chi connectivity index (χ1) is 28.2. The maximum atomic E-state index is 12.1. The number of amides is 3. The van der Waals surface area contributed by atoms with Crippen LogP contribution in [0.15, 0.2) is 169 Å². The molecule has 3 aromatic carbocycles. The summed E-state index contributed by atoms with van der Waals surface area (Å²) in [6.07, 6.45) is 10.5. The van der Waals surface area contributed by atoms with Crippen molar-refractivity contribution >= 4 is 90.2 Å². The maximum absolute atomic E-state index is 12.1. The third kappa shape index (κ3) is 9.98. The van der Waals surface area contributed by atoms with Crippen molar-refractivity contribution in [2.75, 3.05) is 16.0 Å². The molecule has 3 amide bonds. The van der Waals surface area contributed by atoms with Crippen LogP contribution in [0.4, 0.5) is 17.1 Å². The van der Waals surface area contributed by atoms with Crippen molar-refractivity contribution in [1.29, 1.82) is 5.26 Å². The van der Waals surface area contributed by atoms with Gasteiger partial charge in [0, 0.05) is 62.3 Å². The number of hydrogen-bond donors (Lipinski definition) is 3. The van der Waals surface area contributed by atoms with Gasteiger partial charge < -0.3 is 29.2 Å². The quantitative estimate of drug-likeness (QED) is 0.140. The summed E-state index contributed by atoms with van der Waals surface area (Å²) < 4.78 is 7.36. The first-order valence-corrected chi connectivity index (χ1v) is 19.3. The Morgan fingerprint density at radius 1 is 0.500 bits per heavy atom. The first kappa shape index (κ1) is 39.1. The molecule has 15 heteroatoms. The molecule has 0 saturated carbocycles. The van der Waals surface area contributed by atoms with Crippen molar-refractivity contribution in [2.24, 2.45) is 0 Å². The summed E-state index contributed by atoms with van der Waals surface area (Å²) in [5, 5.41) is 17.2. The minimum absolute atomic E-state index is 0.204. The SMILES string of the molecule is N#Cc1ccc2nc(C(=O)Nc3ccccc3)cn2c1.O=C(Nc1ccccc1)c1cn2cc(Br)ccc2n1.O=C(Nc1ccccc1)c1cn2cc(I)ccc2n1. The number of anilines is 3. The Kier molecular flexibility index (Phi) is 12.3. The van der Waals surface area contributed by atoms with E-state index >= 15 is 0 Å². The van der Waals surface area contributed by atoms with Crippen molar-refractivity contribution < 1.29 is 14.4 Å². The van der Waals surface area contributed by atoms with E-state index < -0.39 is 0 Å². The standard InChI is InChI=1S/C15H10N4O.C14H10BrN3O.C14H10IN3O/c16-8-11-6-7-14-18-13(10-19(14)9-11)15(20)17-12-4-2-1-3-5-12;2*15-10-6-7-13-17-12(9-18(13)8-10)14(19)16-11-4-2-1-3-5-11/h1-7,9-10H,(H,17,20);2*1-9H,(H,16,19). The fraction of sp³-hybridized carbons (Fsp3) is 0. The van der Waals surface area contributed by atoms with Crippen LogP contribution >= 0.6 is 38.5 Å². The number of aromatic nitrogens is 6. The highest BCUT2D eigenvalue weighted by atomic mass is 127. The average molecular weight is 942 g/mol. The predicted octanol–water partition coefficient (Wildman–Crippen LogP) is 9.00. The van der Waals surface area contributed by atoms with Gasteiger partial charge in [0.25, 0.3) is 17.7 Å². The molecular weight excluding hydrogens is 911 g/mol. The maximum Gasteiger partial charge on any atom is 0.275 e. The Bertz CT molecular complexity index is 2800. The van der Waals surface area contributed by atoms with Gasteiger partial charge in [0.15, 0.2) is 0 Å². The van der Waals surface area contributed by atoms with E-state index in [1.54, 1.807) is 41.3 Å². The summed E-state index contributed by atoms with van der Waals surface area (Å²) in [5.41, 5.74) is 5.99. The van der Waals surface area contributed by atoms with Gasteiger partial charge in [-0.15, -0.1) is 0 Å². The van der Waals surface area contributed by atoms with Crippen LogP contribution in [0.3, 0.4) is 0 Å². The van der Waals surface area contributed by atoms with Gasteiger partial charge in [0.05, 0.1) is 5.56 Å². The Morgan fingerprint density at radius 2 is 0.879 bits per heavy atom. The number of fused-ring (bicyclic) bond motifs is 3. The third-order valence-corrected chi connectivity index (χ3v) is 9.31. The zero-order valence-electron chi connectivity index (χ0n) is 30.2. The summed E-state index contributed by atoms with van der Waals surface area (Å²) in [5.74, 6) is -0.700. The van der Waals surface area contributed by atoms with E-state index in [0.29, 0.717) is 34.0 Å². The van der Waals surface area contributed by atoms with Gasteiger partial charge in [-0.05, 0) is 111 Å². The monoisotopic (exact) mass is 940 g/mol. The van der Waals surface area contributed by atoms with Crippen molar-refractivity contribution in [3.63, 3.8) is 0 Å². The normalized spacial score (nSPS) is 10.4. The van der Waals surface area contributed by atoms with E-state index in [-0.39, 0.29) is 17.7 Å². The van der Waals surface area contributed by atoms with Gasteiger partial charge in [0.1, 0.15) is 40.1 Å². The Hall–Kier alpha value is -7.16. The van der Waals surface area contributed by atoms with E-state index in [2.05, 4.69) is 69.4 Å². The molecule has 0 atom stereocenters. The summed E-state index contributed by atoms with van der Waals surface area (Å²) in [6.45, 7) is 0. The number of rotatable bonds is 6. The Balaban J connectivity index is 0.000000132. The lowest BCUT2D eigenvalue weighted by Gasteiger charge is -2.01. The molecule has 0 unspecified atom stereocenters. The lowest BCUT2D eigenvalue weighted by atomic mass is 10.3. The molecule has 0 saturated heterocycles. The molecule has 0 fully saturated rings. The van der Waals surface area contributed by atoms with Crippen LogP contribution in [-0.2, 0) is 0 Å². The van der Waals surface area contributed by atoms with Crippen LogP contribution in [-0.4, -0.2) is 45.9 Å². The summed E-state index contributed by atoms with van der Waals surface area (Å²) in [4.78, 5) is 49.0. The van der Waals surface area contributed by atoms with E-state index in [9.17, 15) is 14.4 Å². The minimum Gasteiger partial charge on any atom is -0.321 e. The lowest BCUT2D eigenvalue weighted by molar-refractivity contribution is 0.101. The fourth-order valence-corrected chi connectivity index (χ4v) is 6.30. The molecule has 58 heavy (non-hydrogen) atoms. The number of para-hydroxylation sites is 3. The van der Waals surface area contributed by atoms with E-state index in [0.717, 1.165) is 30.7 Å². The number of pyridine rings is 3. The highest BCUT2D eigenvalue weighted by molar-refractivity contribution is 14.1. The Morgan fingerprint density at radius 3 is 1.31 bits per heavy atom. The zero-order valence-corrected chi connectivity index (χ0v) is 33.9. The molecule has 6 heterocycles. The number of nitrogens with one attached hydrogen (secondary N) is 3. The highest BCUT2D eigenvalue weighted by Gasteiger charge is 2.13. The number of halogens is 2. The molecule has 9 rings (SSSR count). The molecule has 284 valence electrons. The van der Waals surface area contributed by atoms with Gasteiger partial charge in [-0.2, -0.15) is 5.26 Å². The summed E-state index contributed by atoms with van der Waals surface area (Å²) >= 11 is 5.61. The van der Waals surface area contributed by atoms with Crippen molar-refractivity contribution in [2.45, 2.75) is 0 Å². The summed E-state index contributed by atoms with van der Waals surface area (Å²) in [6, 6.07) is 40.9. The minimum atomic E-state index is -0.279. The molecule has 3 N–H and O–H groups in total. The zero-order chi connectivity index (χ0) is 40.4. The van der Waals surface area contributed by atoms with Gasteiger partial charge in [-0.25, -0.2) is 15.0 Å². The molecule has 9 aromatic rings. The van der Waals surface area contributed by atoms with Crippen molar-refractivity contribution in [1.82, 2.24) is 28.2 Å². The van der Waals surface area contributed by atoms with Crippen LogP contribution in [0.2, 0.25) is 0 Å². The fourth-order valence-electron chi connectivity index (χ4n) is 5.47. The van der Waals surface area contributed by atoms with Gasteiger partial charge >= 0.3 is 0 Å².